The van der Waals surface area contributed by atoms with Gasteiger partial charge in [-0.15, -0.1) is 0 Å². The summed E-state index contributed by atoms with van der Waals surface area (Å²) in [7, 11) is 0. The molecule has 0 spiro atoms. The minimum Gasteiger partial charge on any atom is -0.489 e. The minimum atomic E-state index is 0.0960. The maximum atomic E-state index is 8.70. The summed E-state index contributed by atoms with van der Waals surface area (Å²) in [4.78, 5) is 0. The van der Waals surface area contributed by atoms with Gasteiger partial charge < -0.3 is 15.7 Å². The molecule has 0 radical (unpaired) electrons. The molecule has 0 aliphatic carbocycles. The second-order valence-corrected chi connectivity index (χ2v) is 5.20. The number of ether oxygens (including phenoxy) is 1. The van der Waals surface area contributed by atoms with Gasteiger partial charge in [-0.3, -0.25) is 0 Å². The number of nitrogens with zero attached hydrogens (tertiary/aromatic N) is 1. The molecular formula is C17H20N2O2. The van der Waals surface area contributed by atoms with Crippen LogP contribution in [-0.2, 0) is 6.61 Å². The summed E-state index contributed by atoms with van der Waals surface area (Å²) in [6, 6.07) is 15.5. The molecular weight excluding hydrogens is 264 g/mol. The van der Waals surface area contributed by atoms with Gasteiger partial charge in [-0.05, 0) is 35.2 Å². The van der Waals surface area contributed by atoms with Crippen LogP contribution in [-0.4, -0.2) is 11.0 Å². The molecule has 4 heteroatoms. The Kier molecular flexibility index (Phi) is 4.82. The molecule has 0 atom stereocenters. The van der Waals surface area contributed by atoms with E-state index in [-0.39, 0.29) is 5.84 Å². The van der Waals surface area contributed by atoms with Gasteiger partial charge in [-0.2, -0.15) is 0 Å². The first kappa shape index (κ1) is 14.9. The van der Waals surface area contributed by atoms with Crippen LogP contribution in [0, 0.1) is 0 Å². The SMILES string of the molecule is CC(C)c1cccc(OCc2cccc(/C(N)=N/O)c2)c1. The molecule has 0 aromatic heterocycles. The Morgan fingerprint density at radius 3 is 2.67 bits per heavy atom. The van der Waals surface area contributed by atoms with E-state index in [1.807, 2.05) is 30.3 Å². The molecule has 110 valence electrons. The van der Waals surface area contributed by atoms with Crippen molar-refractivity contribution in [2.75, 3.05) is 0 Å². The zero-order chi connectivity index (χ0) is 15.2. The van der Waals surface area contributed by atoms with Gasteiger partial charge in [0.25, 0.3) is 0 Å². The van der Waals surface area contributed by atoms with Crippen LogP contribution in [0.5, 0.6) is 5.75 Å². The summed E-state index contributed by atoms with van der Waals surface area (Å²) in [6.07, 6.45) is 0. The van der Waals surface area contributed by atoms with Crippen LogP contribution in [0.15, 0.2) is 53.7 Å². The summed E-state index contributed by atoms with van der Waals surface area (Å²) in [5, 5.41) is 11.7. The van der Waals surface area contributed by atoms with E-state index >= 15 is 0 Å². The van der Waals surface area contributed by atoms with Crippen molar-refractivity contribution in [2.24, 2.45) is 10.9 Å². The van der Waals surface area contributed by atoms with E-state index in [0.717, 1.165) is 11.3 Å². The van der Waals surface area contributed by atoms with Crippen LogP contribution in [0.3, 0.4) is 0 Å². The third-order valence-corrected chi connectivity index (χ3v) is 3.26. The molecule has 21 heavy (non-hydrogen) atoms. The van der Waals surface area contributed by atoms with Gasteiger partial charge in [0.15, 0.2) is 5.84 Å². The molecule has 0 saturated heterocycles. The predicted octanol–water partition coefficient (Wildman–Crippen LogP) is 3.48. The highest BCUT2D eigenvalue weighted by molar-refractivity contribution is 5.97. The molecule has 0 fully saturated rings. The summed E-state index contributed by atoms with van der Waals surface area (Å²) in [5.74, 6) is 1.41. The normalized spacial score (nSPS) is 11.7. The van der Waals surface area contributed by atoms with Crippen molar-refractivity contribution in [3.8, 4) is 5.75 Å². The van der Waals surface area contributed by atoms with Crippen molar-refractivity contribution in [3.05, 3.63) is 65.2 Å². The first-order valence-electron chi connectivity index (χ1n) is 6.89. The quantitative estimate of drug-likeness (QED) is 0.382. The number of hydrogen-bond donors (Lipinski definition) is 2. The molecule has 2 aromatic carbocycles. The Hall–Kier alpha value is -2.49. The molecule has 0 heterocycles. The fraction of sp³-hybridized carbons (Fsp3) is 0.235. The van der Waals surface area contributed by atoms with Crippen LogP contribution >= 0.6 is 0 Å². The highest BCUT2D eigenvalue weighted by atomic mass is 16.5. The fourth-order valence-electron chi connectivity index (χ4n) is 2.01. The first-order valence-corrected chi connectivity index (χ1v) is 6.89. The number of benzene rings is 2. The maximum absolute atomic E-state index is 8.70. The molecule has 0 amide bonds. The smallest absolute Gasteiger partial charge is 0.170 e. The summed E-state index contributed by atoms with van der Waals surface area (Å²) >= 11 is 0. The van der Waals surface area contributed by atoms with E-state index in [1.54, 1.807) is 6.07 Å². The third-order valence-electron chi connectivity index (χ3n) is 3.26. The largest absolute Gasteiger partial charge is 0.489 e. The van der Waals surface area contributed by atoms with E-state index in [4.69, 9.17) is 15.7 Å². The Morgan fingerprint density at radius 1 is 1.19 bits per heavy atom. The Balaban J connectivity index is 2.08. The topological polar surface area (TPSA) is 67.8 Å². The third kappa shape index (κ3) is 3.99. The molecule has 3 N–H and O–H groups in total. The summed E-state index contributed by atoms with van der Waals surface area (Å²) in [6.45, 7) is 4.74. The molecule has 4 nitrogen and oxygen atoms in total. The Bertz CT molecular complexity index is 636. The van der Waals surface area contributed by atoms with E-state index in [9.17, 15) is 0 Å². The fourth-order valence-corrected chi connectivity index (χ4v) is 2.01. The highest BCUT2D eigenvalue weighted by Crippen LogP contribution is 2.21. The van der Waals surface area contributed by atoms with Crippen LogP contribution < -0.4 is 10.5 Å². The molecule has 0 unspecified atom stereocenters. The molecule has 2 aromatic rings. The summed E-state index contributed by atoms with van der Waals surface area (Å²) in [5.41, 5.74) is 8.47. The lowest BCUT2D eigenvalue weighted by Crippen LogP contribution is -2.13. The Morgan fingerprint density at radius 2 is 1.95 bits per heavy atom. The van der Waals surface area contributed by atoms with Crippen LogP contribution in [0.2, 0.25) is 0 Å². The standard InChI is InChI=1S/C17H20N2O2/c1-12(2)14-6-4-8-16(10-14)21-11-13-5-3-7-15(9-13)17(18)19-20/h3-10,12,20H,11H2,1-2H3,(H2,18,19). The Labute approximate surface area is 124 Å². The number of rotatable bonds is 5. The summed E-state index contributed by atoms with van der Waals surface area (Å²) < 4.78 is 5.81. The van der Waals surface area contributed by atoms with Gasteiger partial charge in [0.2, 0.25) is 0 Å². The number of nitrogens with two attached hydrogens (primary N) is 1. The second-order valence-electron chi connectivity index (χ2n) is 5.20. The van der Waals surface area contributed by atoms with Crippen LogP contribution in [0.4, 0.5) is 0 Å². The molecule has 2 rings (SSSR count). The highest BCUT2D eigenvalue weighted by Gasteiger charge is 2.03. The molecule has 0 bridgehead atoms. The zero-order valence-electron chi connectivity index (χ0n) is 12.3. The molecule has 0 saturated carbocycles. The minimum absolute atomic E-state index is 0.0960. The van der Waals surface area contributed by atoms with Crippen LogP contribution in [0.25, 0.3) is 0 Å². The maximum Gasteiger partial charge on any atom is 0.170 e. The molecule has 0 aliphatic heterocycles. The van der Waals surface area contributed by atoms with Crippen molar-refractivity contribution in [3.63, 3.8) is 0 Å². The van der Waals surface area contributed by atoms with Gasteiger partial charge in [-0.25, -0.2) is 0 Å². The number of oxime groups is 1. The zero-order valence-corrected chi connectivity index (χ0v) is 12.3. The van der Waals surface area contributed by atoms with Crippen molar-refractivity contribution >= 4 is 5.84 Å². The van der Waals surface area contributed by atoms with Gasteiger partial charge in [0.1, 0.15) is 12.4 Å². The average Bonchev–Trinajstić information content (AvgIpc) is 2.52. The lowest BCUT2D eigenvalue weighted by atomic mass is 10.0. The van der Waals surface area contributed by atoms with E-state index in [1.165, 1.54) is 5.56 Å². The number of amidine groups is 1. The lowest BCUT2D eigenvalue weighted by molar-refractivity contribution is 0.305. The van der Waals surface area contributed by atoms with Gasteiger partial charge in [0, 0.05) is 5.56 Å². The van der Waals surface area contributed by atoms with Crippen molar-refractivity contribution in [1.29, 1.82) is 0 Å². The average molecular weight is 284 g/mol. The first-order chi connectivity index (χ1) is 10.1. The van der Waals surface area contributed by atoms with Crippen molar-refractivity contribution < 1.29 is 9.94 Å². The van der Waals surface area contributed by atoms with Gasteiger partial charge in [-0.1, -0.05) is 49.3 Å². The van der Waals surface area contributed by atoms with Crippen LogP contribution in [0.1, 0.15) is 36.5 Å². The van der Waals surface area contributed by atoms with Crippen molar-refractivity contribution in [1.82, 2.24) is 0 Å². The molecule has 0 aliphatic rings. The van der Waals surface area contributed by atoms with E-state index in [0.29, 0.717) is 18.1 Å². The van der Waals surface area contributed by atoms with E-state index < -0.39 is 0 Å². The monoisotopic (exact) mass is 284 g/mol. The predicted molar refractivity (Wildman–Crippen MR) is 83.8 cm³/mol. The van der Waals surface area contributed by atoms with Gasteiger partial charge >= 0.3 is 0 Å². The van der Waals surface area contributed by atoms with Crippen molar-refractivity contribution in [2.45, 2.75) is 26.4 Å². The van der Waals surface area contributed by atoms with E-state index in [2.05, 4.69) is 31.1 Å². The number of hydrogen-bond acceptors (Lipinski definition) is 3. The van der Waals surface area contributed by atoms with Gasteiger partial charge in [0.05, 0.1) is 0 Å². The second kappa shape index (κ2) is 6.79. The lowest BCUT2D eigenvalue weighted by Gasteiger charge is -2.10.